The summed E-state index contributed by atoms with van der Waals surface area (Å²) in [7, 11) is 1.90. The number of aromatic nitrogens is 3. The summed E-state index contributed by atoms with van der Waals surface area (Å²) in [6, 6.07) is 15.2. The van der Waals surface area contributed by atoms with Crippen LogP contribution in [0.4, 0.5) is 0 Å². The van der Waals surface area contributed by atoms with E-state index >= 15 is 0 Å². The van der Waals surface area contributed by atoms with Crippen LogP contribution in [-0.2, 0) is 20.1 Å². The molecule has 3 heterocycles. The third kappa shape index (κ3) is 3.95. The van der Waals surface area contributed by atoms with Crippen LogP contribution in [0, 0.1) is 13.8 Å². The molecular formula is C25H24N4O4. The van der Waals surface area contributed by atoms with Gasteiger partial charge in [0.15, 0.2) is 29.3 Å². The van der Waals surface area contributed by atoms with Crippen LogP contribution < -0.4 is 9.47 Å². The first-order valence-electron chi connectivity index (χ1n) is 10.7. The molecule has 1 aliphatic heterocycles. The zero-order valence-electron chi connectivity index (χ0n) is 18.7. The molecule has 0 aliphatic carbocycles. The number of oxazole rings is 1. The van der Waals surface area contributed by atoms with E-state index in [4.69, 9.17) is 13.9 Å². The standard InChI is InChI=1S/C25H24N4O4/c1-16-20(17(2)28(3)27-16)13-29(12-18-9-10-21-22(11-18)33-15-32-21)25(30)23-24(31-14-26-23)19-7-5-4-6-8-19/h4-11,14H,12-13,15H2,1-3H3. The van der Waals surface area contributed by atoms with E-state index in [2.05, 4.69) is 10.1 Å². The average Bonchev–Trinajstić information content (AvgIpc) is 3.55. The van der Waals surface area contributed by atoms with Crippen molar-refractivity contribution >= 4 is 5.91 Å². The second-order valence-electron chi connectivity index (χ2n) is 8.02. The highest BCUT2D eigenvalue weighted by Gasteiger charge is 2.26. The Bertz CT molecular complexity index is 1310. The number of rotatable bonds is 6. The van der Waals surface area contributed by atoms with Crippen molar-refractivity contribution in [1.29, 1.82) is 0 Å². The average molecular weight is 444 g/mol. The summed E-state index contributed by atoms with van der Waals surface area (Å²) in [4.78, 5) is 19.8. The van der Waals surface area contributed by atoms with Crippen molar-refractivity contribution in [2.45, 2.75) is 26.9 Å². The predicted molar refractivity (Wildman–Crippen MR) is 121 cm³/mol. The van der Waals surface area contributed by atoms with Crippen molar-refractivity contribution in [1.82, 2.24) is 19.7 Å². The van der Waals surface area contributed by atoms with Gasteiger partial charge in [0.05, 0.1) is 12.2 Å². The molecule has 0 saturated carbocycles. The number of ether oxygens (including phenoxy) is 2. The second kappa shape index (κ2) is 8.46. The maximum absolute atomic E-state index is 13.8. The van der Waals surface area contributed by atoms with Crippen LogP contribution in [0.3, 0.4) is 0 Å². The third-order valence-electron chi connectivity index (χ3n) is 5.91. The highest BCUT2D eigenvalue weighted by molar-refractivity contribution is 5.97. The smallest absolute Gasteiger partial charge is 0.277 e. The zero-order chi connectivity index (χ0) is 22.9. The molecule has 0 spiro atoms. The number of fused-ring (bicyclic) bond motifs is 1. The van der Waals surface area contributed by atoms with Gasteiger partial charge in [-0.1, -0.05) is 36.4 Å². The number of nitrogens with zero attached hydrogens (tertiary/aromatic N) is 4. The van der Waals surface area contributed by atoms with Crippen LogP contribution in [0.2, 0.25) is 0 Å². The Hall–Kier alpha value is -4.07. The van der Waals surface area contributed by atoms with Crippen LogP contribution >= 0.6 is 0 Å². The Morgan fingerprint density at radius 2 is 1.85 bits per heavy atom. The van der Waals surface area contributed by atoms with Crippen molar-refractivity contribution in [2.75, 3.05) is 6.79 Å². The molecule has 5 rings (SSSR count). The van der Waals surface area contributed by atoms with Gasteiger partial charge in [-0.2, -0.15) is 5.10 Å². The van der Waals surface area contributed by atoms with Gasteiger partial charge in [0.25, 0.3) is 5.91 Å². The van der Waals surface area contributed by atoms with E-state index < -0.39 is 0 Å². The summed E-state index contributed by atoms with van der Waals surface area (Å²) in [5, 5.41) is 4.51. The summed E-state index contributed by atoms with van der Waals surface area (Å²) in [5.41, 5.74) is 4.92. The van der Waals surface area contributed by atoms with Gasteiger partial charge in [0.2, 0.25) is 6.79 Å². The number of aryl methyl sites for hydroxylation is 2. The Kier molecular flexibility index (Phi) is 5.34. The van der Waals surface area contributed by atoms with E-state index in [0.717, 1.165) is 28.1 Å². The number of carbonyl (C=O) groups excluding carboxylic acids is 1. The SMILES string of the molecule is Cc1nn(C)c(C)c1CN(Cc1ccc2c(c1)OCO2)C(=O)c1ncoc1-c1ccccc1. The van der Waals surface area contributed by atoms with E-state index in [-0.39, 0.29) is 18.4 Å². The molecule has 8 heteroatoms. The van der Waals surface area contributed by atoms with Crippen LogP contribution in [0.15, 0.2) is 59.3 Å². The lowest BCUT2D eigenvalue weighted by atomic mass is 10.1. The minimum atomic E-state index is -0.220. The first-order chi connectivity index (χ1) is 16.0. The van der Waals surface area contributed by atoms with Gasteiger partial charge in [-0.15, -0.1) is 0 Å². The largest absolute Gasteiger partial charge is 0.454 e. The summed E-state index contributed by atoms with van der Waals surface area (Å²) in [6.07, 6.45) is 1.31. The molecule has 0 saturated heterocycles. The normalized spacial score (nSPS) is 12.2. The van der Waals surface area contributed by atoms with Crippen LogP contribution in [-0.4, -0.2) is 32.4 Å². The van der Waals surface area contributed by atoms with E-state index in [1.807, 2.05) is 74.1 Å². The molecule has 2 aromatic heterocycles. The van der Waals surface area contributed by atoms with Crippen molar-refractivity contribution in [3.05, 3.63) is 83.1 Å². The molecular weight excluding hydrogens is 420 g/mol. The van der Waals surface area contributed by atoms with Crippen LogP contribution in [0.25, 0.3) is 11.3 Å². The third-order valence-corrected chi connectivity index (χ3v) is 5.91. The van der Waals surface area contributed by atoms with Crippen molar-refractivity contribution in [3.8, 4) is 22.8 Å². The molecule has 168 valence electrons. The van der Waals surface area contributed by atoms with E-state index in [0.29, 0.717) is 30.3 Å². The molecule has 8 nitrogen and oxygen atoms in total. The molecule has 0 atom stereocenters. The first-order valence-corrected chi connectivity index (χ1v) is 10.7. The minimum absolute atomic E-state index is 0.203. The lowest BCUT2D eigenvalue weighted by Crippen LogP contribution is -2.31. The lowest BCUT2D eigenvalue weighted by Gasteiger charge is -2.23. The van der Waals surface area contributed by atoms with Crippen molar-refractivity contribution in [3.63, 3.8) is 0 Å². The van der Waals surface area contributed by atoms with Gasteiger partial charge in [0, 0.05) is 30.4 Å². The molecule has 0 unspecified atom stereocenters. The molecule has 1 amide bonds. The molecule has 0 bridgehead atoms. The fourth-order valence-corrected chi connectivity index (χ4v) is 4.04. The molecule has 0 fully saturated rings. The minimum Gasteiger partial charge on any atom is -0.454 e. The van der Waals surface area contributed by atoms with Gasteiger partial charge in [0.1, 0.15) is 0 Å². The maximum atomic E-state index is 13.8. The summed E-state index contributed by atoms with van der Waals surface area (Å²) in [6.45, 7) is 4.92. The topological polar surface area (TPSA) is 82.6 Å². The van der Waals surface area contributed by atoms with Gasteiger partial charge >= 0.3 is 0 Å². The number of hydrogen-bond acceptors (Lipinski definition) is 6. The summed E-state index contributed by atoms with van der Waals surface area (Å²) in [5.74, 6) is 1.62. The maximum Gasteiger partial charge on any atom is 0.277 e. The van der Waals surface area contributed by atoms with Gasteiger partial charge in [-0.3, -0.25) is 9.48 Å². The molecule has 0 radical (unpaired) electrons. The van der Waals surface area contributed by atoms with Crippen molar-refractivity contribution < 1.29 is 18.7 Å². The Balaban J connectivity index is 1.51. The Labute approximate surface area is 191 Å². The highest BCUT2D eigenvalue weighted by atomic mass is 16.7. The summed E-state index contributed by atoms with van der Waals surface area (Å²) >= 11 is 0. The van der Waals surface area contributed by atoms with E-state index in [1.54, 1.807) is 4.90 Å². The number of carbonyl (C=O) groups is 1. The predicted octanol–water partition coefficient (Wildman–Crippen LogP) is 4.26. The van der Waals surface area contributed by atoms with E-state index in [9.17, 15) is 4.79 Å². The highest BCUT2D eigenvalue weighted by Crippen LogP contribution is 2.33. The molecule has 2 aromatic carbocycles. The quantitative estimate of drug-likeness (QED) is 0.442. The van der Waals surface area contributed by atoms with Crippen molar-refractivity contribution in [2.24, 2.45) is 7.05 Å². The fraction of sp³-hybridized carbons (Fsp3) is 0.240. The summed E-state index contributed by atoms with van der Waals surface area (Å²) < 4.78 is 18.4. The number of benzene rings is 2. The Morgan fingerprint density at radius 1 is 1.06 bits per heavy atom. The second-order valence-corrected chi connectivity index (χ2v) is 8.02. The monoisotopic (exact) mass is 444 g/mol. The van der Waals surface area contributed by atoms with Gasteiger partial charge < -0.3 is 18.8 Å². The number of hydrogen-bond donors (Lipinski definition) is 0. The molecule has 1 aliphatic rings. The molecule has 33 heavy (non-hydrogen) atoms. The van der Waals surface area contributed by atoms with E-state index in [1.165, 1.54) is 6.39 Å². The van der Waals surface area contributed by atoms with Crippen LogP contribution in [0.5, 0.6) is 11.5 Å². The Morgan fingerprint density at radius 3 is 2.61 bits per heavy atom. The first kappa shape index (κ1) is 20.8. The van der Waals surface area contributed by atoms with Gasteiger partial charge in [-0.05, 0) is 31.5 Å². The van der Waals surface area contributed by atoms with Crippen LogP contribution in [0.1, 0.15) is 33.0 Å². The van der Waals surface area contributed by atoms with Gasteiger partial charge in [-0.25, -0.2) is 4.98 Å². The number of amides is 1. The zero-order valence-corrected chi connectivity index (χ0v) is 18.7. The molecule has 4 aromatic rings. The lowest BCUT2D eigenvalue weighted by molar-refractivity contribution is 0.0724. The molecule has 0 N–H and O–H groups in total. The fourth-order valence-electron chi connectivity index (χ4n) is 4.04.